The van der Waals surface area contributed by atoms with E-state index in [-0.39, 0.29) is 0 Å². The van der Waals surface area contributed by atoms with Crippen LogP contribution in [0.25, 0.3) is 33.8 Å². The zero-order valence-corrected chi connectivity index (χ0v) is 14.8. The van der Waals surface area contributed by atoms with E-state index in [0.29, 0.717) is 23.4 Å². The molecule has 0 atom stereocenters. The lowest BCUT2D eigenvalue weighted by atomic mass is 10.1. The standard InChI is InChI=1S/C19H20N8/c20-18-17(19-25-14-3-1-2-4-15(14)26-19)24-16(10-22-18)12-9-23-27(11-12)13-5-7-21-8-6-13/h1-4,9-11,13,21H,5-8H2,(H2,20,22)(H,25,26). The first-order valence-electron chi connectivity index (χ1n) is 9.11. The minimum absolute atomic E-state index is 0.351. The van der Waals surface area contributed by atoms with Crippen LogP contribution < -0.4 is 11.1 Å². The molecule has 4 aromatic rings. The monoisotopic (exact) mass is 360 g/mol. The minimum atomic E-state index is 0.351. The molecule has 8 heteroatoms. The summed E-state index contributed by atoms with van der Waals surface area (Å²) < 4.78 is 2.04. The number of aromatic nitrogens is 6. The number of aromatic amines is 1. The highest BCUT2D eigenvalue weighted by Crippen LogP contribution is 2.27. The van der Waals surface area contributed by atoms with Gasteiger partial charge in [-0.25, -0.2) is 15.0 Å². The van der Waals surface area contributed by atoms with Gasteiger partial charge in [-0.3, -0.25) is 4.68 Å². The summed E-state index contributed by atoms with van der Waals surface area (Å²) in [5, 5.41) is 7.92. The maximum Gasteiger partial charge on any atom is 0.161 e. The molecular weight excluding hydrogens is 340 g/mol. The van der Waals surface area contributed by atoms with E-state index in [4.69, 9.17) is 10.7 Å². The molecule has 1 aliphatic rings. The van der Waals surface area contributed by atoms with E-state index in [1.165, 1.54) is 0 Å². The number of rotatable bonds is 3. The van der Waals surface area contributed by atoms with Crippen molar-refractivity contribution in [2.45, 2.75) is 18.9 Å². The molecule has 1 fully saturated rings. The number of nitrogens with one attached hydrogen (secondary N) is 2. The SMILES string of the molecule is Nc1ncc(-c2cnn(C3CCNCC3)c2)nc1-c1nc2ccccc2[nH]1. The number of anilines is 1. The highest BCUT2D eigenvalue weighted by atomic mass is 15.3. The average Bonchev–Trinajstić information content (AvgIpc) is 3.36. The van der Waals surface area contributed by atoms with Gasteiger partial charge in [0.15, 0.2) is 11.6 Å². The van der Waals surface area contributed by atoms with Crippen LogP contribution in [-0.2, 0) is 0 Å². The molecule has 4 N–H and O–H groups in total. The largest absolute Gasteiger partial charge is 0.382 e. The van der Waals surface area contributed by atoms with Crippen LogP contribution in [-0.4, -0.2) is 42.8 Å². The lowest BCUT2D eigenvalue weighted by molar-refractivity contribution is 0.343. The van der Waals surface area contributed by atoms with Gasteiger partial charge in [0.2, 0.25) is 0 Å². The number of hydrogen-bond donors (Lipinski definition) is 3. The Balaban J connectivity index is 1.51. The predicted octanol–water partition coefficient (Wildman–Crippen LogP) is 2.39. The van der Waals surface area contributed by atoms with Gasteiger partial charge in [-0.1, -0.05) is 12.1 Å². The predicted molar refractivity (Wildman–Crippen MR) is 104 cm³/mol. The van der Waals surface area contributed by atoms with Crippen LogP contribution in [0.15, 0.2) is 42.9 Å². The van der Waals surface area contributed by atoms with Crippen LogP contribution >= 0.6 is 0 Å². The van der Waals surface area contributed by atoms with Gasteiger partial charge in [-0.2, -0.15) is 5.10 Å². The second-order valence-corrected chi connectivity index (χ2v) is 6.78. The molecular formula is C19H20N8. The van der Waals surface area contributed by atoms with E-state index in [1.807, 2.05) is 41.3 Å². The summed E-state index contributed by atoms with van der Waals surface area (Å²) in [6.45, 7) is 2.05. The second kappa shape index (κ2) is 6.48. The van der Waals surface area contributed by atoms with E-state index in [2.05, 4.69) is 25.4 Å². The highest BCUT2D eigenvalue weighted by Gasteiger charge is 2.18. The van der Waals surface area contributed by atoms with E-state index in [0.717, 1.165) is 48.2 Å². The fourth-order valence-corrected chi connectivity index (χ4v) is 3.52. The number of fused-ring (bicyclic) bond motifs is 1. The molecule has 0 radical (unpaired) electrons. The number of hydrogen-bond acceptors (Lipinski definition) is 6. The molecule has 3 aromatic heterocycles. The number of nitrogens with zero attached hydrogens (tertiary/aromatic N) is 5. The lowest BCUT2D eigenvalue weighted by Crippen LogP contribution is -2.29. The fraction of sp³-hybridized carbons (Fsp3) is 0.263. The lowest BCUT2D eigenvalue weighted by Gasteiger charge is -2.22. The molecule has 8 nitrogen and oxygen atoms in total. The summed E-state index contributed by atoms with van der Waals surface area (Å²) in [5.41, 5.74) is 10.1. The quantitative estimate of drug-likeness (QED) is 0.517. The zero-order valence-electron chi connectivity index (χ0n) is 14.8. The number of imidazole rings is 1. The third-order valence-electron chi connectivity index (χ3n) is 4.99. The summed E-state index contributed by atoms with van der Waals surface area (Å²) in [4.78, 5) is 16.9. The van der Waals surface area contributed by atoms with Gasteiger partial charge in [0, 0.05) is 11.8 Å². The third-order valence-corrected chi connectivity index (χ3v) is 4.99. The van der Waals surface area contributed by atoms with Crippen molar-refractivity contribution in [2.75, 3.05) is 18.8 Å². The molecule has 0 unspecified atom stereocenters. The van der Waals surface area contributed by atoms with Crippen molar-refractivity contribution in [3.05, 3.63) is 42.9 Å². The van der Waals surface area contributed by atoms with Gasteiger partial charge in [0.1, 0.15) is 5.69 Å². The summed E-state index contributed by atoms with van der Waals surface area (Å²) in [6.07, 6.45) is 7.73. The van der Waals surface area contributed by atoms with Gasteiger partial charge in [-0.05, 0) is 38.1 Å². The molecule has 0 spiro atoms. The van der Waals surface area contributed by atoms with Crippen molar-refractivity contribution in [3.63, 3.8) is 0 Å². The molecule has 4 heterocycles. The average molecular weight is 360 g/mol. The van der Waals surface area contributed by atoms with Crippen LogP contribution in [0, 0.1) is 0 Å². The topological polar surface area (TPSA) is 110 Å². The molecule has 136 valence electrons. The molecule has 5 rings (SSSR count). The van der Waals surface area contributed by atoms with Crippen LogP contribution in [0.3, 0.4) is 0 Å². The van der Waals surface area contributed by atoms with Crippen LogP contribution in [0.1, 0.15) is 18.9 Å². The molecule has 1 aromatic carbocycles. The Morgan fingerprint density at radius 1 is 1.07 bits per heavy atom. The van der Waals surface area contributed by atoms with Crippen molar-refractivity contribution < 1.29 is 0 Å². The third kappa shape index (κ3) is 2.93. The number of benzene rings is 1. The number of H-pyrrole nitrogens is 1. The van der Waals surface area contributed by atoms with Crippen molar-refractivity contribution in [2.24, 2.45) is 0 Å². The number of nitrogens with two attached hydrogens (primary N) is 1. The molecule has 0 amide bonds. The van der Waals surface area contributed by atoms with Crippen LogP contribution in [0.5, 0.6) is 0 Å². The number of piperidine rings is 1. The van der Waals surface area contributed by atoms with Gasteiger partial charge < -0.3 is 16.0 Å². The van der Waals surface area contributed by atoms with Gasteiger partial charge in [0.05, 0.1) is 35.2 Å². The van der Waals surface area contributed by atoms with E-state index in [9.17, 15) is 0 Å². The van der Waals surface area contributed by atoms with Crippen molar-refractivity contribution in [3.8, 4) is 22.8 Å². The van der Waals surface area contributed by atoms with E-state index >= 15 is 0 Å². The summed E-state index contributed by atoms with van der Waals surface area (Å²) in [5.74, 6) is 0.970. The maximum atomic E-state index is 6.08. The van der Waals surface area contributed by atoms with E-state index < -0.39 is 0 Å². The molecule has 27 heavy (non-hydrogen) atoms. The first-order chi connectivity index (χ1) is 13.3. The van der Waals surface area contributed by atoms with E-state index in [1.54, 1.807) is 6.20 Å². The summed E-state index contributed by atoms with van der Waals surface area (Å²) in [7, 11) is 0. The molecule has 0 aliphatic carbocycles. The zero-order chi connectivity index (χ0) is 18.2. The first-order valence-corrected chi connectivity index (χ1v) is 9.11. The Morgan fingerprint density at radius 2 is 1.93 bits per heavy atom. The fourth-order valence-electron chi connectivity index (χ4n) is 3.52. The second-order valence-electron chi connectivity index (χ2n) is 6.78. The first kappa shape index (κ1) is 16.0. The number of nitrogen functional groups attached to an aromatic ring is 1. The van der Waals surface area contributed by atoms with Crippen molar-refractivity contribution in [1.29, 1.82) is 0 Å². The normalized spacial score (nSPS) is 15.4. The minimum Gasteiger partial charge on any atom is -0.382 e. The molecule has 1 aliphatic heterocycles. The highest BCUT2D eigenvalue weighted by molar-refractivity contribution is 5.80. The Labute approximate surface area is 155 Å². The maximum absolute atomic E-state index is 6.08. The van der Waals surface area contributed by atoms with Gasteiger partial charge in [-0.15, -0.1) is 0 Å². The molecule has 0 saturated carbocycles. The Morgan fingerprint density at radius 3 is 2.78 bits per heavy atom. The summed E-state index contributed by atoms with van der Waals surface area (Å²) >= 11 is 0. The molecule has 1 saturated heterocycles. The number of para-hydroxylation sites is 2. The van der Waals surface area contributed by atoms with Crippen LogP contribution in [0.2, 0.25) is 0 Å². The van der Waals surface area contributed by atoms with Gasteiger partial charge in [0.25, 0.3) is 0 Å². The van der Waals surface area contributed by atoms with Crippen LogP contribution in [0.4, 0.5) is 5.82 Å². The summed E-state index contributed by atoms with van der Waals surface area (Å²) in [6, 6.07) is 8.27. The van der Waals surface area contributed by atoms with Crippen molar-refractivity contribution >= 4 is 16.9 Å². The van der Waals surface area contributed by atoms with Crippen molar-refractivity contribution in [1.82, 2.24) is 35.0 Å². The Bertz CT molecular complexity index is 1060. The molecule has 0 bridgehead atoms. The Kier molecular flexibility index (Phi) is 3.83. The Hall–Kier alpha value is -3.26. The smallest absolute Gasteiger partial charge is 0.161 e. The van der Waals surface area contributed by atoms with Gasteiger partial charge >= 0.3 is 0 Å².